The van der Waals surface area contributed by atoms with Gasteiger partial charge < -0.3 is 31.1 Å². The number of hydrogen-bond acceptors (Lipinski definition) is 6. The predicted molar refractivity (Wildman–Crippen MR) is 169 cm³/mol. The Morgan fingerprint density at radius 3 is 2.30 bits per heavy atom. The summed E-state index contributed by atoms with van der Waals surface area (Å²) in [4.78, 5) is 40.7. The quantitative estimate of drug-likeness (QED) is 0.187. The van der Waals surface area contributed by atoms with Crippen molar-refractivity contribution in [3.63, 3.8) is 0 Å². The van der Waals surface area contributed by atoms with Gasteiger partial charge in [0.05, 0.1) is 24.3 Å². The van der Waals surface area contributed by atoms with Crippen LogP contribution in [0.5, 0.6) is 5.75 Å². The van der Waals surface area contributed by atoms with Crippen molar-refractivity contribution in [1.29, 1.82) is 0 Å². The topological polar surface area (TPSA) is 134 Å². The molecule has 9 nitrogen and oxygen atoms in total. The number of ether oxygens (including phenoxy) is 1. The van der Waals surface area contributed by atoms with Gasteiger partial charge in [0.2, 0.25) is 5.91 Å². The number of methoxy groups -OCH3 is 1. The molecule has 3 rings (SSSR count). The van der Waals surface area contributed by atoms with Crippen LogP contribution in [-0.4, -0.2) is 66.6 Å². The van der Waals surface area contributed by atoms with Crippen LogP contribution in [0, 0.1) is 5.82 Å². The molecular formula is C33H40ClFN4O5. The maximum Gasteiger partial charge on any atom is 0.253 e. The first kappa shape index (κ1) is 34.5. The molecular weight excluding hydrogens is 587 g/mol. The standard InChI is InChI=1S/C33H40ClFN4O5/c1-4-11-39(12-5-2)33(43)25-17-23(31(36)41)16-24(18-25)32(42)38-29(15-21-9-10-27(34)28(35)14-21)30(40)20-37-19-22-7-6-8-26(13-22)44-3/h6-10,13-14,16-18,29-30,37,40H,4-5,11-12,15,19-20H2,1-3H3,(H2,36,41)(H,38,42)/t29-,30+/m0/s1. The lowest BCUT2D eigenvalue weighted by Gasteiger charge is -2.25. The number of benzene rings is 3. The van der Waals surface area contributed by atoms with Gasteiger partial charge in [0.25, 0.3) is 11.8 Å². The van der Waals surface area contributed by atoms with E-state index in [1.807, 2.05) is 38.1 Å². The van der Waals surface area contributed by atoms with E-state index in [1.165, 1.54) is 30.3 Å². The van der Waals surface area contributed by atoms with Crippen molar-refractivity contribution in [1.82, 2.24) is 15.5 Å². The molecule has 0 spiro atoms. The molecule has 0 aromatic heterocycles. The van der Waals surface area contributed by atoms with Crippen molar-refractivity contribution in [3.05, 3.63) is 99.3 Å². The highest BCUT2D eigenvalue weighted by Gasteiger charge is 2.25. The van der Waals surface area contributed by atoms with E-state index < -0.39 is 29.8 Å². The van der Waals surface area contributed by atoms with E-state index in [-0.39, 0.29) is 40.6 Å². The molecule has 44 heavy (non-hydrogen) atoms. The molecule has 236 valence electrons. The van der Waals surface area contributed by atoms with Crippen LogP contribution >= 0.6 is 11.6 Å². The molecule has 11 heteroatoms. The average molecular weight is 627 g/mol. The van der Waals surface area contributed by atoms with Gasteiger partial charge in [-0.15, -0.1) is 0 Å². The van der Waals surface area contributed by atoms with E-state index >= 15 is 0 Å². The van der Waals surface area contributed by atoms with Crippen molar-refractivity contribution in [2.75, 3.05) is 26.7 Å². The molecule has 0 aliphatic rings. The van der Waals surface area contributed by atoms with Crippen LogP contribution in [0.2, 0.25) is 5.02 Å². The first-order chi connectivity index (χ1) is 21.1. The fraction of sp³-hybridized carbons (Fsp3) is 0.364. The number of carbonyl (C=O) groups is 3. The molecule has 0 heterocycles. The second-order valence-electron chi connectivity index (χ2n) is 10.5. The van der Waals surface area contributed by atoms with Crippen molar-refractivity contribution < 1.29 is 28.6 Å². The number of amides is 3. The summed E-state index contributed by atoms with van der Waals surface area (Å²) in [5.74, 6) is -1.67. The maximum absolute atomic E-state index is 14.2. The lowest BCUT2D eigenvalue weighted by molar-refractivity contribution is 0.0755. The normalized spacial score (nSPS) is 12.3. The van der Waals surface area contributed by atoms with Crippen LogP contribution in [0.25, 0.3) is 0 Å². The highest BCUT2D eigenvalue weighted by molar-refractivity contribution is 6.30. The first-order valence-corrected chi connectivity index (χ1v) is 14.9. The number of primary amides is 1. The van der Waals surface area contributed by atoms with Gasteiger partial charge in [0.1, 0.15) is 11.6 Å². The third-order valence-corrected chi connectivity index (χ3v) is 7.34. The monoisotopic (exact) mass is 626 g/mol. The van der Waals surface area contributed by atoms with Crippen molar-refractivity contribution >= 4 is 29.3 Å². The minimum atomic E-state index is -1.10. The largest absolute Gasteiger partial charge is 0.497 e. The number of nitrogens with two attached hydrogens (primary N) is 1. The maximum atomic E-state index is 14.2. The molecule has 3 aromatic rings. The fourth-order valence-electron chi connectivity index (χ4n) is 4.81. The molecule has 0 unspecified atom stereocenters. The SMILES string of the molecule is CCCN(CCC)C(=O)c1cc(C(N)=O)cc(C(=O)N[C@@H](Cc2ccc(Cl)c(F)c2)[C@H](O)CNCc2cccc(OC)c2)c1. The Labute approximate surface area is 262 Å². The fourth-order valence-corrected chi connectivity index (χ4v) is 4.92. The van der Waals surface area contributed by atoms with Crippen molar-refractivity contribution in [2.45, 2.75) is 51.8 Å². The van der Waals surface area contributed by atoms with Gasteiger partial charge in [-0.05, 0) is 72.9 Å². The zero-order valence-electron chi connectivity index (χ0n) is 25.2. The third kappa shape index (κ3) is 9.77. The summed E-state index contributed by atoms with van der Waals surface area (Å²) in [5.41, 5.74) is 7.17. The van der Waals surface area contributed by atoms with Gasteiger partial charge in [-0.2, -0.15) is 0 Å². The summed E-state index contributed by atoms with van der Waals surface area (Å²) in [6.45, 7) is 5.46. The van der Waals surface area contributed by atoms with Gasteiger partial charge in [-0.25, -0.2) is 4.39 Å². The van der Waals surface area contributed by atoms with E-state index in [4.69, 9.17) is 22.1 Å². The molecule has 0 radical (unpaired) electrons. The molecule has 0 saturated carbocycles. The Hall–Kier alpha value is -3.99. The Kier molecular flexibility index (Phi) is 13.1. The van der Waals surface area contributed by atoms with Crippen molar-refractivity contribution in [3.8, 4) is 5.75 Å². The number of halogens is 2. The lowest BCUT2D eigenvalue weighted by Crippen LogP contribution is -2.48. The summed E-state index contributed by atoms with van der Waals surface area (Å²) in [6, 6.07) is 14.9. The number of nitrogens with zero attached hydrogens (tertiary/aromatic N) is 1. The van der Waals surface area contributed by atoms with E-state index in [0.29, 0.717) is 30.9 Å². The van der Waals surface area contributed by atoms with E-state index in [2.05, 4.69) is 10.6 Å². The summed E-state index contributed by atoms with van der Waals surface area (Å²) < 4.78 is 19.5. The van der Waals surface area contributed by atoms with Crippen LogP contribution < -0.4 is 21.1 Å². The number of aliphatic hydroxyl groups excluding tert-OH is 1. The minimum absolute atomic E-state index is 0.00535. The van der Waals surface area contributed by atoms with Crippen LogP contribution in [0.1, 0.15) is 68.9 Å². The van der Waals surface area contributed by atoms with Crippen LogP contribution in [-0.2, 0) is 13.0 Å². The predicted octanol–water partition coefficient (Wildman–Crippen LogP) is 4.34. The number of hydrogen-bond donors (Lipinski definition) is 4. The highest BCUT2D eigenvalue weighted by atomic mass is 35.5. The van der Waals surface area contributed by atoms with Crippen LogP contribution in [0.4, 0.5) is 4.39 Å². The summed E-state index contributed by atoms with van der Waals surface area (Å²) in [7, 11) is 1.58. The molecule has 0 bridgehead atoms. The zero-order chi connectivity index (χ0) is 32.2. The Bertz CT molecular complexity index is 1450. The molecule has 0 aliphatic heterocycles. The number of aliphatic hydroxyl groups is 1. The molecule has 0 saturated heterocycles. The summed E-state index contributed by atoms with van der Waals surface area (Å²) >= 11 is 5.85. The van der Waals surface area contributed by atoms with Gasteiger partial charge in [0.15, 0.2) is 0 Å². The third-order valence-electron chi connectivity index (χ3n) is 7.04. The second kappa shape index (κ2) is 16.7. The van der Waals surface area contributed by atoms with Crippen LogP contribution in [0.3, 0.4) is 0 Å². The summed E-state index contributed by atoms with van der Waals surface area (Å²) in [5, 5.41) is 17.1. The highest BCUT2D eigenvalue weighted by Crippen LogP contribution is 2.19. The smallest absolute Gasteiger partial charge is 0.253 e. The first-order valence-electron chi connectivity index (χ1n) is 14.6. The zero-order valence-corrected chi connectivity index (χ0v) is 26.0. The van der Waals surface area contributed by atoms with Gasteiger partial charge in [-0.3, -0.25) is 14.4 Å². The number of nitrogens with one attached hydrogen (secondary N) is 2. The molecule has 2 atom stereocenters. The Balaban J connectivity index is 1.86. The molecule has 3 amide bonds. The van der Waals surface area contributed by atoms with E-state index in [1.54, 1.807) is 18.1 Å². The van der Waals surface area contributed by atoms with Gasteiger partial charge >= 0.3 is 0 Å². The average Bonchev–Trinajstić information content (AvgIpc) is 3.01. The number of carbonyl (C=O) groups excluding carboxylic acids is 3. The molecule has 0 aliphatic carbocycles. The van der Waals surface area contributed by atoms with Crippen molar-refractivity contribution in [2.24, 2.45) is 5.73 Å². The Morgan fingerprint density at radius 1 is 0.977 bits per heavy atom. The van der Waals surface area contributed by atoms with Gasteiger partial charge in [-0.1, -0.05) is 43.6 Å². The number of rotatable bonds is 16. The van der Waals surface area contributed by atoms with E-state index in [0.717, 1.165) is 18.4 Å². The lowest BCUT2D eigenvalue weighted by atomic mass is 9.99. The minimum Gasteiger partial charge on any atom is -0.497 e. The van der Waals surface area contributed by atoms with Gasteiger partial charge in [0, 0.05) is 42.9 Å². The summed E-state index contributed by atoms with van der Waals surface area (Å²) in [6.07, 6.45) is 0.453. The molecule has 5 N–H and O–H groups in total. The molecule has 3 aromatic carbocycles. The van der Waals surface area contributed by atoms with E-state index in [9.17, 15) is 23.9 Å². The molecule has 0 fully saturated rings. The second-order valence-corrected chi connectivity index (χ2v) is 10.9. The van der Waals surface area contributed by atoms with Crippen LogP contribution in [0.15, 0.2) is 60.7 Å². The Morgan fingerprint density at radius 2 is 1.66 bits per heavy atom.